The third kappa shape index (κ3) is 2.93. The Labute approximate surface area is 103 Å². The van der Waals surface area contributed by atoms with Crippen LogP contribution in [-0.2, 0) is 14.8 Å². The van der Waals surface area contributed by atoms with Crippen LogP contribution in [0.4, 0.5) is 5.13 Å². The van der Waals surface area contributed by atoms with Crippen LogP contribution in [0.3, 0.4) is 0 Å². The lowest BCUT2D eigenvalue weighted by Crippen LogP contribution is -2.35. The lowest BCUT2D eigenvalue weighted by molar-refractivity contribution is -0.138. The average Bonchev–Trinajstić information content (AvgIpc) is 2.57. The van der Waals surface area contributed by atoms with E-state index in [2.05, 4.69) is 4.98 Å². The van der Waals surface area contributed by atoms with E-state index in [0.29, 0.717) is 5.13 Å². The molecule has 7 nitrogen and oxygen atoms in total. The number of hydrogen-bond acceptors (Lipinski definition) is 6. The van der Waals surface area contributed by atoms with Crippen molar-refractivity contribution in [3.05, 3.63) is 5.69 Å². The first kappa shape index (κ1) is 13.9. The largest absolute Gasteiger partial charge is 0.480 e. The molecular formula is C8H13N3O4S2. The number of anilines is 1. The molecule has 0 aliphatic heterocycles. The second-order valence-electron chi connectivity index (χ2n) is 3.54. The van der Waals surface area contributed by atoms with Crippen molar-refractivity contribution in [2.75, 3.05) is 11.9 Å². The molecule has 1 aromatic rings. The summed E-state index contributed by atoms with van der Waals surface area (Å²) < 4.78 is 22.4. The Kier molecular flexibility index (Phi) is 3.74. The summed E-state index contributed by atoms with van der Waals surface area (Å²) in [6.07, 6.45) is 0. The first-order valence-electron chi connectivity index (χ1n) is 4.60. The molecule has 1 heterocycles. The minimum atomic E-state index is -3.81. The number of hydrogen-bond donors (Lipinski definition) is 2. The molecule has 0 aliphatic carbocycles. The Morgan fingerprint density at radius 1 is 1.59 bits per heavy atom. The van der Waals surface area contributed by atoms with Gasteiger partial charge in [-0.25, -0.2) is 23.3 Å². The molecule has 0 aromatic carbocycles. The smallest absolute Gasteiger partial charge is 0.326 e. The van der Waals surface area contributed by atoms with Gasteiger partial charge in [-0.1, -0.05) is 11.3 Å². The van der Waals surface area contributed by atoms with Gasteiger partial charge in [0, 0.05) is 7.05 Å². The van der Waals surface area contributed by atoms with Crippen LogP contribution in [0, 0.1) is 6.92 Å². The van der Waals surface area contributed by atoms with Crippen LogP contribution in [0.1, 0.15) is 12.6 Å². The number of nitrogens with two attached hydrogens (primary N) is 1. The van der Waals surface area contributed by atoms with Crippen molar-refractivity contribution in [2.24, 2.45) is 5.14 Å². The van der Waals surface area contributed by atoms with Gasteiger partial charge < -0.3 is 10.0 Å². The standard InChI is InChI=1S/C8H13N3O4S2/c1-4-7(17(9,14)15)16-8(10-4)11(3)5(2)6(12)13/h5H,1-3H3,(H,12,13)(H2,9,14,15). The number of aromatic nitrogens is 1. The van der Waals surface area contributed by atoms with Gasteiger partial charge in [-0.2, -0.15) is 0 Å². The number of primary sulfonamides is 1. The number of aliphatic carboxylic acids is 1. The molecule has 0 radical (unpaired) electrons. The lowest BCUT2D eigenvalue weighted by Gasteiger charge is -2.19. The number of sulfonamides is 1. The van der Waals surface area contributed by atoms with Crippen LogP contribution in [-0.4, -0.2) is 37.6 Å². The van der Waals surface area contributed by atoms with Crippen molar-refractivity contribution in [2.45, 2.75) is 24.1 Å². The predicted molar refractivity (Wildman–Crippen MR) is 63.7 cm³/mol. The fraction of sp³-hybridized carbons (Fsp3) is 0.500. The monoisotopic (exact) mass is 279 g/mol. The molecule has 1 aromatic heterocycles. The summed E-state index contributed by atoms with van der Waals surface area (Å²) >= 11 is 0.859. The molecule has 1 unspecified atom stereocenters. The molecular weight excluding hydrogens is 266 g/mol. The summed E-state index contributed by atoms with van der Waals surface area (Å²) in [5.41, 5.74) is 0.275. The van der Waals surface area contributed by atoms with Crippen molar-refractivity contribution in [1.29, 1.82) is 0 Å². The van der Waals surface area contributed by atoms with Crippen LogP contribution in [0.5, 0.6) is 0 Å². The quantitative estimate of drug-likeness (QED) is 0.802. The van der Waals surface area contributed by atoms with Gasteiger partial charge in [0.2, 0.25) is 10.0 Å². The van der Waals surface area contributed by atoms with Crippen molar-refractivity contribution < 1.29 is 18.3 Å². The molecule has 9 heteroatoms. The number of likely N-dealkylation sites (N-methyl/N-ethyl adjacent to an activating group) is 1. The molecule has 0 fully saturated rings. The topological polar surface area (TPSA) is 114 Å². The molecule has 3 N–H and O–H groups in total. The molecule has 17 heavy (non-hydrogen) atoms. The second-order valence-corrected chi connectivity index (χ2v) is 6.27. The fourth-order valence-corrected chi connectivity index (χ4v) is 3.10. The highest BCUT2D eigenvalue weighted by atomic mass is 32.2. The fourth-order valence-electron chi connectivity index (χ4n) is 1.11. The zero-order valence-electron chi connectivity index (χ0n) is 9.54. The Bertz CT molecular complexity index is 537. The first-order valence-corrected chi connectivity index (χ1v) is 6.96. The number of nitrogens with zero attached hydrogens (tertiary/aromatic N) is 2. The van der Waals surface area contributed by atoms with Gasteiger partial charge in [-0.15, -0.1) is 0 Å². The van der Waals surface area contributed by atoms with E-state index in [1.807, 2.05) is 0 Å². The van der Waals surface area contributed by atoms with Crippen molar-refractivity contribution in [1.82, 2.24) is 4.98 Å². The van der Waals surface area contributed by atoms with Crippen LogP contribution >= 0.6 is 11.3 Å². The zero-order valence-corrected chi connectivity index (χ0v) is 11.2. The van der Waals surface area contributed by atoms with Gasteiger partial charge in [0.05, 0.1) is 5.69 Å². The Morgan fingerprint density at radius 2 is 2.12 bits per heavy atom. The second kappa shape index (κ2) is 4.59. The van der Waals surface area contributed by atoms with Gasteiger partial charge in [-0.3, -0.25) is 0 Å². The molecule has 96 valence electrons. The summed E-state index contributed by atoms with van der Waals surface area (Å²) in [4.78, 5) is 16.2. The number of rotatable bonds is 4. The molecule has 0 saturated carbocycles. The zero-order chi connectivity index (χ0) is 13.4. The van der Waals surface area contributed by atoms with Crippen LogP contribution in [0.15, 0.2) is 4.21 Å². The van der Waals surface area contributed by atoms with Gasteiger partial charge in [0.1, 0.15) is 6.04 Å². The normalized spacial score (nSPS) is 13.4. The van der Waals surface area contributed by atoms with E-state index in [0.717, 1.165) is 11.3 Å². The number of aryl methyl sites for hydroxylation is 1. The lowest BCUT2D eigenvalue weighted by atomic mass is 10.3. The number of thiazole rings is 1. The predicted octanol–water partition coefficient (Wildman–Crippen LogP) is 0.00822. The molecule has 0 amide bonds. The molecule has 0 spiro atoms. The van der Waals surface area contributed by atoms with E-state index in [4.69, 9.17) is 10.2 Å². The Hall–Kier alpha value is -1.19. The molecule has 0 saturated heterocycles. The van der Waals surface area contributed by atoms with Crippen LogP contribution in [0.2, 0.25) is 0 Å². The maximum absolute atomic E-state index is 11.2. The minimum absolute atomic E-state index is 0.0445. The van der Waals surface area contributed by atoms with Gasteiger partial charge >= 0.3 is 5.97 Å². The highest BCUT2D eigenvalue weighted by molar-refractivity contribution is 7.91. The number of carboxylic acids is 1. The third-order valence-corrected chi connectivity index (χ3v) is 5.04. The van der Waals surface area contributed by atoms with Gasteiger partial charge in [-0.05, 0) is 13.8 Å². The van der Waals surface area contributed by atoms with Gasteiger partial charge in [0.15, 0.2) is 9.34 Å². The van der Waals surface area contributed by atoms with Gasteiger partial charge in [0.25, 0.3) is 0 Å². The summed E-state index contributed by atoms with van der Waals surface area (Å²) in [5.74, 6) is -1.02. The third-order valence-electron chi connectivity index (χ3n) is 2.24. The van der Waals surface area contributed by atoms with Crippen molar-refractivity contribution in [3.8, 4) is 0 Å². The van der Waals surface area contributed by atoms with E-state index >= 15 is 0 Å². The highest BCUT2D eigenvalue weighted by Crippen LogP contribution is 2.29. The van der Waals surface area contributed by atoms with Crippen LogP contribution < -0.4 is 10.0 Å². The number of carbonyl (C=O) groups is 1. The summed E-state index contributed by atoms with van der Waals surface area (Å²) in [7, 11) is -2.28. The first-order chi connectivity index (χ1) is 7.64. The summed E-state index contributed by atoms with van der Waals surface area (Å²) in [6, 6.07) is -0.797. The Morgan fingerprint density at radius 3 is 2.47 bits per heavy atom. The van der Waals surface area contributed by atoms with E-state index in [-0.39, 0.29) is 9.90 Å². The van der Waals surface area contributed by atoms with Crippen LogP contribution in [0.25, 0.3) is 0 Å². The van der Waals surface area contributed by atoms with E-state index < -0.39 is 22.0 Å². The Balaban J connectivity index is 3.15. The molecule has 0 aliphatic rings. The summed E-state index contributed by atoms with van der Waals surface area (Å²) in [5, 5.41) is 14.2. The molecule has 1 rings (SSSR count). The molecule has 1 atom stereocenters. The minimum Gasteiger partial charge on any atom is -0.480 e. The SMILES string of the molecule is Cc1nc(N(C)C(C)C(=O)O)sc1S(N)(=O)=O. The highest BCUT2D eigenvalue weighted by Gasteiger charge is 2.24. The number of carboxylic acid groups (broad SMARTS) is 1. The van der Waals surface area contributed by atoms with E-state index in [9.17, 15) is 13.2 Å². The van der Waals surface area contributed by atoms with Crippen molar-refractivity contribution >= 4 is 32.5 Å². The molecule has 0 bridgehead atoms. The van der Waals surface area contributed by atoms with E-state index in [1.54, 1.807) is 0 Å². The average molecular weight is 279 g/mol. The summed E-state index contributed by atoms with van der Waals surface area (Å²) in [6.45, 7) is 2.99. The maximum Gasteiger partial charge on any atom is 0.326 e. The van der Waals surface area contributed by atoms with E-state index in [1.165, 1.54) is 25.8 Å². The maximum atomic E-state index is 11.2. The van der Waals surface area contributed by atoms with Crippen molar-refractivity contribution in [3.63, 3.8) is 0 Å².